The summed E-state index contributed by atoms with van der Waals surface area (Å²) in [5.41, 5.74) is -0.733. The van der Waals surface area contributed by atoms with E-state index < -0.39 is 46.6 Å². The van der Waals surface area contributed by atoms with E-state index in [1.807, 2.05) is 0 Å². The topological polar surface area (TPSA) is 195 Å². The van der Waals surface area contributed by atoms with E-state index in [-0.39, 0.29) is 23.8 Å². The first-order chi connectivity index (χ1) is 17.2. The van der Waals surface area contributed by atoms with Gasteiger partial charge in [0.25, 0.3) is 5.69 Å². The number of halogens is 1. The number of azo groups is 1. The second-order valence-corrected chi connectivity index (χ2v) is 8.14. The normalized spacial score (nSPS) is 13.1. The molecule has 0 aromatic heterocycles. The molecule has 0 spiro atoms. The fourth-order valence-electron chi connectivity index (χ4n) is 3.54. The van der Waals surface area contributed by atoms with Crippen molar-refractivity contribution >= 4 is 50.8 Å². The fraction of sp³-hybridized carbons (Fsp3) is 0.273. The third-order valence-electron chi connectivity index (χ3n) is 5.20. The molecule has 2 atom stereocenters. The zero-order valence-electron chi connectivity index (χ0n) is 18.6. The van der Waals surface area contributed by atoms with Crippen LogP contribution in [0.25, 0.3) is 10.8 Å². The molecule has 0 saturated heterocycles. The van der Waals surface area contributed by atoms with E-state index in [0.29, 0.717) is 22.1 Å². The van der Waals surface area contributed by atoms with Crippen LogP contribution < -0.4 is 4.90 Å². The summed E-state index contributed by atoms with van der Waals surface area (Å²) in [6.07, 6.45) is -2.22. The van der Waals surface area contributed by atoms with Crippen LogP contribution in [0.4, 0.5) is 28.4 Å². The lowest BCUT2D eigenvalue weighted by Gasteiger charge is -2.29. The number of anilines is 1. The number of hydrogen-bond acceptors (Lipinski definition) is 11. The Hall–Kier alpha value is -3.75. The average molecular weight is 520 g/mol. The molecule has 0 bridgehead atoms. The number of hydrogen-bond donors (Lipinski definition) is 4. The number of non-ortho nitro benzene ring substituents is 1. The molecule has 0 saturated carbocycles. The van der Waals surface area contributed by atoms with Crippen molar-refractivity contribution in [1.82, 2.24) is 0 Å². The van der Waals surface area contributed by atoms with Gasteiger partial charge in [-0.25, -0.2) is 0 Å². The molecule has 3 aromatic rings. The zero-order chi connectivity index (χ0) is 26.4. The van der Waals surface area contributed by atoms with Crippen LogP contribution in [-0.2, 0) is 0 Å². The van der Waals surface area contributed by atoms with Crippen molar-refractivity contribution in [2.75, 3.05) is 31.2 Å². The number of aliphatic hydroxyl groups excluding tert-OH is 4. The van der Waals surface area contributed by atoms with Gasteiger partial charge in [0.05, 0.1) is 52.0 Å². The summed E-state index contributed by atoms with van der Waals surface area (Å²) in [6, 6.07) is 11.8. The molecule has 14 heteroatoms. The molecule has 0 fully saturated rings. The molecule has 0 aliphatic rings. The summed E-state index contributed by atoms with van der Waals surface area (Å²) in [5, 5.41) is 69.9. The molecule has 0 aliphatic heterocycles. The second-order valence-electron chi connectivity index (χ2n) is 7.74. The van der Waals surface area contributed by atoms with Crippen molar-refractivity contribution in [3.63, 3.8) is 0 Å². The van der Waals surface area contributed by atoms with Crippen LogP contribution in [0.3, 0.4) is 0 Å². The van der Waals surface area contributed by atoms with Gasteiger partial charge >= 0.3 is 5.69 Å². The minimum Gasteiger partial charge on any atom is -0.394 e. The molecule has 190 valence electrons. The lowest BCUT2D eigenvalue weighted by atomic mass is 10.1. The summed E-state index contributed by atoms with van der Waals surface area (Å²) in [4.78, 5) is 22.4. The van der Waals surface area contributed by atoms with Crippen LogP contribution in [0.5, 0.6) is 0 Å². The molecular weight excluding hydrogens is 498 g/mol. The van der Waals surface area contributed by atoms with E-state index >= 15 is 0 Å². The van der Waals surface area contributed by atoms with Gasteiger partial charge < -0.3 is 25.3 Å². The van der Waals surface area contributed by atoms with Crippen molar-refractivity contribution in [2.45, 2.75) is 12.2 Å². The van der Waals surface area contributed by atoms with E-state index in [9.17, 15) is 40.7 Å². The maximum Gasteiger partial charge on any atom is 0.305 e. The van der Waals surface area contributed by atoms with Gasteiger partial charge in [0.15, 0.2) is 5.69 Å². The Balaban J connectivity index is 2.09. The molecule has 3 rings (SSSR count). The summed E-state index contributed by atoms with van der Waals surface area (Å²) < 4.78 is 0. The quantitative estimate of drug-likeness (QED) is 0.167. The first kappa shape index (κ1) is 26.8. The van der Waals surface area contributed by atoms with E-state index in [1.54, 1.807) is 41.3 Å². The van der Waals surface area contributed by atoms with Gasteiger partial charge in [-0.2, -0.15) is 0 Å². The number of aliphatic hydroxyl groups is 4. The molecule has 3 aromatic carbocycles. The standard InChI is InChI=1S/C22H22ClN5O8/c23-18-7-13(27(33)34)8-21(28(35)36)22(18)25-24-19-5-6-20(17-4-2-1-3-16(17)19)26(9-14(31)11-29)10-15(32)12-30/h1-8,14-15,29-32H,9-12H2. The monoisotopic (exact) mass is 519 g/mol. The number of rotatable bonds is 11. The van der Waals surface area contributed by atoms with Crippen LogP contribution in [-0.4, -0.2) is 68.8 Å². The Morgan fingerprint density at radius 2 is 1.50 bits per heavy atom. The van der Waals surface area contributed by atoms with Crippen molar-refractivity contribution in [3.05, 3.63) is 73.8 Å². The Morgan fingerprint density at radius 3 is 2.06 bits per heavy atom. The highest BCUT2D eigenvalue weighted by Crippen LogP contribution is 2.41. The Labute approximate surface area is 208 Å². The maximum absolute atomic E-state index is 11.5. The van der Waals surface area contributed by atoms with Gasteiger partial charge in [-0.3, -0.25) is 20.2 Å². The summed E-state index contributed by atoms with van der Waals surface area (Å²) in [5.74, 6) is 0. The van der Waals surface area contributed by atoms with Crippen molar-refractivity contribution in [2.24, 2.45) is 10.2 Å². The Kier molecular flexibility index (Phi) is 8.79. The van der Waals surface area contributed by atoms with Crippen molar-refractivity contribution in [1.29, 1.82) is 0 Å². The number of nitro benzene ring substituents is 2. The van der Waals surface area contributed by atoms with E-state index in [2.05, 4.69) is 10.2 Å². The minimum atomic E-state index is -1.11. The van der Waals surface area contributed by atoms with Crippen LogP contribution in [0.1, 0.15) is 0 Å². The third kappa shape index (κ3) is 6.08. The third-order valence-corrected chi connectivity index (χ3v) is 5.48. The van der Waals surface area contributed by atoms with Gasteiger partial charge in [0.1, 0.15) is 0 Å². The first-order valence-electron chi connectivity index (χ1n) is 10.5. The van der Waals surface area contributed by atoms with Gasteiger partial charge in [-0.05, 0) is 12.1 Å². The molecule has 36 heavy (non-hydrogen) atoms. The molecule has 0 aliphatic carbocycles. The maximum atomic E-state index is 11.5. The fourth-order valence-corrected chi connectivity index (χ4v) is 3.79. The molecule has 13 nitrogen and oxygen atoms in total. The smallest absolute Gasteiger partial charge is 0.305 e. The van der Waals surface area contributed by atoms with E-state index in [1.165, 1.54) is 0 Å². The summed E-state index contributed by atoms with van der Waals surface area (Å²) in [6.45, 7) is -1.10. The molecule has 4 N–H and O–H groups in total. The molecule has 0 radical (unpaired) electrons. The number of fused-ring (bicyclic) bond motifs is 1. The van der Waals surface area contributed by atoms with E-state index in [0.717, 1.165) is 12.1 Å². The average Bonchev–Trinajstić information content (AvgIpc) is 2.86. The number of nitro groups is 2. The number of benzene rings is 3. The predicted octanol–water partition coefficient (Wildman–Crippen LogP) is 3.24. The molecule has 0 heterocycles. The lowest BCUT2D eigenvalue weighted by Crippen LogP contribution is -2.40. The summed E-state index contributed by atoms with van der Waals surface area (Å²) >= 11 is 6.04. The molecular formula is C22H22ClN5O8. The van der Waals surface area contributed by atoms with Crippen molar-refractivity contribution < 1.29 is 30.3 Å². The van der Waals surface area contributed by atoms with Gasteiger partial charge in [-0.1, -0.05) is 35.9 Å². The lowest BCUT2D eigenvalue weighted by molar-refractivity contribution is -0.393. The number of nitrogens with zero attached hydrogens (tertiary/aromatic N) is 5. The van der Waals surface area contributed by atoms with Crippen LogP contribution in [0, 0.1) is 20.2 Å². The largest absolute Gasteiger partial charge is 0.394 e. The van der Waals surface area contributed by atoms with Crippen LogP contribution in [0.2, 0.25) is 5.02 Å². The first-order valence-corrected chi connectivity index (χ1v) is 10.9. The van der Waals surface area contributed by atoms with Gasteiger partial charge in [0.2, 0.25) is 0 Å². The predicted molar refractivity (Wildman–Crippen MR) is 131 cm³/mol. The Morgan fingerprint density at radius 1 is 0.889 bits per heavy atom. The van der Waals surface area contributed by atoms with Crippen molar-refractivity contribution in [3.8, 4) is 0 Å². The minimum absolute atomic E-state index is 0.0387. The zero-order valence-corrected chi connectivity index (χ0v) is 19.4. The van der Waals surface area contributed by atoms with Crippen LogP contribution >= 0.6 is 11.6 Å². The molecule has 0 amide bonds. The Bertz CT molecular complexity index is 1290. The highest BCUT2D eigenvalue weighted by atomic mass is 35.5. The highest BCUT2D eigenvalue weighted by molar-refractivity contribution is 6.33. The van der Waals surface area contributed by atoms with Gasteiger partial charge in [0, 0.05) is 35.6 Å². The molecule has 2 unspecified atom stereocenters. The van der Waals surface area contributed by atoms with E-state index in [4.69, 9.17) is 11.6 Å². The SMILES string of the molecule is O=[N+]([O-])c1cc(Cl)c(N=Nc2ccc(N(CC(O)CO)CC(O)CO)c3ccccc23)c([N+](=O)[O-])c1. The summed E-state index contributed by atoms with van der Waals surface area (Å²) in [7, 11) is 0. The second kappa shape index (κ2) is 11.8. The highest BCUT2D eigenvalue weighted by Gasteiger charge is 2.24. The van der Waals surface area contributed by atoms with Gasteiger partial charge in [-0.15, -0.1) is 10.2 Å². The van der Waals surface area contributed by atoms with Crippen LogP contribution in [0.15, 0.2) is 58.8 Å².